The Morgan fingerprint density at radius 3 is 2.03 bits per heavy atom. The highest BCUT2D eigenvalue weighted by Gasteiger charge is 2.66. The first-order valence-corrected chi connectivity index (χ1v) is 11.8. The van der Waals surface area contributed by atoms with Gasteiger partial charge < -0.3 is 14.2 Å². The molecule has 4 bridgehead atoms. The molecule has 31 heavy (non-hydrogen) atoms. The first kappa shape index (κ1) is 22.6. The van der Waals surface area contributed by atoms with Crippen molar-refractivity contribution >= 4 is 22.1 Å². The molecule has 174 valence electrons. The van der Waals surface area contributed by atoms with Crippen LogP contribution >= 0.6 is 0 Å². The Hall–Kier alpha value is -1.59. The molecule has 8 unspecified atom stereocenters. The third kappa shape index (κ3) is 4.00. The monoisotopic (exact) mass is 464 g/mol. The van der Waals surface area contributed by atoms with Gasteiger partial charge in [-0.3, -0.25) is 9.35 Å². The average Bonchev–Trinajstić information content (AvgIpc) is 3.38. The second-order valence-electron chi connectivity index (χ2n) is 9.25. The maximum atomic E-state index is 13.2. The molecule has 4 saturated carbocycles. The molecule has 0 radical (unpaired) electrons. The summed E-state index contributed by atoms with van der Waals surface area (Å²) in [5.74, 6) is 1.36. The van der Waals surface area contributed by atoms with Gasteiger partial charge in [0, 0.05) is 6.92 Å². The average molecular weight is 464 g/mol. The van der Waals surface area contributed by atoms with Gasteiger partial charge in [0.25, 0.3) is 0 Å². The predicted octanol–water partition coefficient (Wildman–Crippen LogP) is 2.20. The van der Waals surface area contributed by atoms with Crippen LogP contribution in [0.25, 0.3) is 0 Å². The molecule has 0 aromatic carbocycles. The van der Waals surface area contributed by atoms with Crippen molar-refractivity contribution in [2.45, 2.75) is 50.1 Å². The van der Waals surface area contributed by atoms with E-state index in [1.807, 2.05) is 0 Å². The summed E-state index contributed by atoms with van der Waals surface area (Å²) in [5.41, 5.74) is -0.201. The van der Waals surface area contributed by atoms with E-state index in [4.69, 9.17) is 14.0 Å². The summed E-state index contributed by atoms with van der Waals surface area (Å²) in [6.45, 7) is 2.68. The lowest BCUT2D eigenvalue weighted by Crippen LogP contribution is -2.42. The standard InChI is InChI=1S/C20H26F2O8S/c1-9(7-28-8-20(21,22)31(25,26)27)19(24)30-16-6-12-4-14(16)18-11-3-13(17(12)18)15(5-11)29-10(2)23/h11-18H,1,3-8H2,2H3,(H,25,26,27). The molecular weight excluding hydrogens is 438 g/mol. The Kier molecular flexibility index (Phi) is 5.66. The maximum absolute atomic E-state index is 13.2. The number of alkyl halides is 2. The number of esters is 2. The fourth-order valence-corrected chi connectivity index (χ4v) is 6.84. The Morgan fingerprint density at radius 2 is 1.55 bits per heavy atom. The molecular formula is C20H26F2O8S. The van der Waals surface area contributed by atoms with Crippen LogP contribution in [-0.2, 0) is 33.9 Å². The SMILES string of the molecule is C=C(COCC(F)(F)S(=O)(=O)O)C(=O)OC1CC2CC1C1C3CC(OC(C)=O)C(C3)C21. The van der Waals surface area contributed by atoms with Crippen molar-refractivity contribution in [2.24, 2.45) is 35.5 Å². The number of ether oxygens (including phenoxy) is 3. The van der Waals surface area contributed by atoms with Gasteiger partial charge in [-0.1, -0.05) is 6.58 Å². The van der Waals surface area contributed by atoms with Crippen LogP contribution in [-0.4, -0.2) is 55.6 Å². The van der Waals surface area contributed by atoms with Gasteiger partial charge in [-0.25, -0.2) is 4.79 Å². The molecule has 0 aliphatic heterocycles. The van der Waals surface area contributed by atoms with Crippen LogP contribution in [0.4, 0.5) is 8.78 Å². The quantitative estimate of drug-likeness (QED) is 0.252. The van der Waals surface area contributed by atoms with Gasteiger partial charge in [0.1, 0.15) is 18.8 Å². The molecule has 0 spiro atoms. The Balaban J connectivity index is 1.28. The largest absolute Gasteiger partial charge is 0.462 e. The lowest BCUT2D eigenvalue weighted by atomic mass is 9.69. The van der Waals surface area contributed by atoms with E-state index in [-0.39, 0.29) is 29.7 Å². The summed E-state index contributed by atoms with van der Waals surface area (Å²) >= 11 is 0. The van der Waals surface area contributed by atoms with E-state index in [0.29, 0.717) is 36.0 Å². The lowest BCUT2D eigenvalue weighted by molar-refractivity contribution is -0.156. The number of fused-ring (bicyclic) bond motifs is 9. The number of hydrogen-bond acceptors (Lipinski definition) is 7. The molecule has 8 nitrogen and oxygen atoms in total. The van der Waals surface area contributed by atoms with Crippen LogP contribution < -0.4 is 0 Å². The third-order valence-electron chi connectivity index (χ3n) is 7.49. The number of carbonyl (C=O) groups excluding carboxylic acids is 2. The van der Waals surface area contributed by atoms with Gasteiger partial charge in [0.2, 0.25) is 0 Å². The zero-order chi connectivity index (χ0) is 22.7. The predicted molar refractivity (Wildman–Crippen MR) is 101 cm³/mol. The molecule has 0 aromatic rings. The molecule has 4 rings (SSSR count). The van der Waals surface area contributed by atoms with Gasteiger partial charge in [-0.2, -0.15) is 17.2 Å². The summed E-state index contributed by atoms with van der Waals surface area (Å²) < 4.78 is 71.6. The van der Waals surface area contributed by atoms with Crippen LogP contribution in [0.15, 0.2) is 12.2 Å². The van der Waals surface area contributed by atoms with Gasteiger partial charge in [-0.05, 0) is 61.2 Å². The molecule has 0 amide bonds. The van der Waals surface area contributed by atoms with Gasteiger partial charge in [-0.15, -0.1) is 0 Å². The summed E-state index contributed by atoms with van der Waals surface area (Å²) in [5, 5.41) is -4.47. The van der Waals surface area contributed by atoms with Crippen molar-refractivity contribution in [1.29, 1.82) is 0 Å². The van der Waals surface area contributed by atoms with E-state index in [1.165, 1.54) is 6.92 Å². The summed E-state index contributed by atoms with van der Waals surface area (Å²) in [4.78, 5) is 23.7. The molecule has 0 heterocycles. The van der Waals surface area contributed by atoms with Gasteiger partial charge in [0.05, 0.1) is 12.2 Å². The molecule has 4 fully saturated rings. The van der Waals surface area contributed by atoms with Gasteiger partial charge in [0.15, 0.2) is 0 Å². The van der Waals surface area contributed by atoms with Crippen molar-refractivity contribution < 1.29 is 45.6 Å². The van der Waals surface area contributed by atoms with Crippen LogP contribution in [0.3, 0.4) is 0 Å². The Morgan fingerprint density at radius 1 is 1.03 bits per heavy atom. The molecule has 4 aliphatic carbocycles. The fourth-order valence-electron chi connectivity index (χ4n) is 6.61. The molecule has 11 heteroatoms. The number of rotatable bonds is 8. The second-order valence-corrected chi connectivity index (χ2v) is 10.8. The van der Waals surface area contributed by atoms with Crippen molar-refractivity contribution in [3.8, 4) is 0 Å². The number of halogens is 2. The molecule has 0 aromatic heterocycles. The smallest absolute Gasteiger partial charge is 0.392 e. The number of hydrogen-bond donors (Lipinski definition) is 1. The first-order chi connectivity index (χ1) is 14.4. The normalized spacial score (nSPS) is 38.2. The van der Waals surface area contributed by atoms with E-state index in [1.54, 1.807) is 0 Å². The highest BCUT2D eigenvalue weighted by molar-refractivity contribution is 7.86. The Bertz CT molecular complexity index is 888. The molecule has 4 aliphatic rings. The summed E-state index contributed by atoms with van der Waals surface area (Å²) in [7, 11) is -5.60. The summed E-state index contributed by atoms with van der Waals surface area (Å²) in [6.07, 6.45) is 3.25. The van der Waals surface area contributed by atoms with E-state index >= 15 is 0 Å². The van der Waals surface area contributed by atoms with Crippen LogP contribution in [0.2, 0.25) is 0 Å². The van der Waals surface area contributed by atoms with Crippen molar-refractivity contribution in [2.75, 3.05) is 13.2 Å². The minimum absolute atomic E-state index is 0.0121. The van der Waals surface area contributed by atoms with E-state index in [2.05, 4.69) is 11.3 Å². The highest BCUT2D eigenvalue weighted by Crippen LogP contribution is 2.68. The highest BCUT2D eigenvalue weighted by atomic mass is 32.2. The first-order valence-electron chi connectivity index (χ1n) is 10.4. The maximum Gasteiger partial charge on any atom is 0.392 e. The van der Waals surface area contributed by atoms with Crippen LogP contribution in [0, 0.1) is 35.5 Å². The fraction of sp³-hybridized carbons (Fsp3) is 0.800. The minimum atomic E-state index is -5.60. The zero-order valence-electron chi connectivity index (χ0n) is 17.0. The van der Waals surface area contributed by atoms with Crippen LogP contribution in [0.1, 0.15) is 32.6 Å². The second kappa shape index (κ2) is 7.77. The van der Waals surface area contributed by atoms with E-state index in [9.17, 15) is 26.8 Å². The molecule has 8 atom stereocenters. The van der Waals surface area contributed by atoms with Crippen molar-refractivity contribution in [3.63, 3.8) is 0 Å². The summed E-state index contributed by atoms with van der Waals surface area (Å²) in [6, 6.07) is 0. The Labute approximate surface area is 179 Å². The molecule has 0 saturated heterocycles. The van der Waals surface area contributed by atoms with Crippen molar-refractivity contribution in [1.82, 2.24) is 0 Å². The topological polar surface area (TPSA) is 116 Å². The van der Waals surface area contributed by atoms with Gasteiger partial charge >= 0.3 is 27.3 Å². The van der Waals surface area contributed by atoms with E-state index in [0.717, 1.165) is 19.3 Å². The lowest BCUT2D eigenvalue weighted by Gasteiger charge is -2.40. The van der Waals surface area contributed by atoms with Crippen molar-refractivity contribution in [3.05, 3.63) is 12.2 Å². The third-order valence-corrected chi connectivity index (χ3v) is 8.36. The van der Waals surface area contributed by atoms with E-state index < -0.39 is 34.6 Å². The minimum Gasteiger partial charge on any atom is -0.462 e. The zero-order valence-corrected chi connectivity index (χ0v) is 17.9. The number of carbonyl (C=O) groups is 2. The van der Waals surface area contributed by atoms with Crippen LogP contribution in [0.5, 0.6) is 0 Å². The molecule has 1 N–H and O–H groups in total.